The number of nitrogens with zero attached hydrogens (tertiary/aromatic N) is 2. The van der Waals surface area contributed by atoms with Gasteiger partial charge >= 0.3 is 5.97 Å². The summed E-state index contributed by atoms with van der Waals surface area (Å²) in [5, 5.41) is 23.3. The van der Waals surface area contributed by atoms with Crippen LogP contribution in [0.5, 0.6) is 0 Å². The molecule has 0 aliphatic rings. The highest BCUT2D eigenvalue weighted by Gasteiger charge is 2.21. The number of hydrogen-bond donors (Lipinski definition) is 3. The molecule has 1 rings (SSSR count). The average Bonchev–Trinajstić information content (AvgIpc) is 2.51. The monoisotopic (exact) mass is 334 g/mol. The molecule has 0 spiro atoms. The van der Waals surface area contributed by atoms with Gasteiger partial charge in [0.25, 0.3) is 5.91 Å². The van der Waals surface area contributed by atoms with Crippen LogP contribution in [0.25, 0.3) is 0 Å². The van der Waals surface area contributed by atoms with Gasteiger partial charge < -0.3 is 15.7 Å². The topological polar surface area (TPSA) is 115 Å². The van der Waals surface area contributed by atoms with Crippen molar-refractivity contribution < 1.29 is 14.7 Å². The van der Waals surface area contributed by atoms with Gasteiger partial charge in [0.15, 0.2) is 0 Å². The van der Waals surface area contributed by atoms with Gasteiger partial charge in [-0.1, -0.05) is 0 Å². The number of nitriles is 1. The summed E-state index contributed by atoms with van der Waals surface area (Å²) in [6.45, 7) is 1.89. The van der Waals surface area contributed by atoms with Gasteiger partial charge in [-0.05, 0) is 43.0 Å². The second-order valence-electron chi connectivity index (χ2n) is 4.68. The smallest absolute Gasteiger partial charge is 0.326 e. The number of aromatic nitrogens is 1. The first-order valence-corrected chi connectivity index (χ1v) is 8.19. The predicted octanol–water partition coefficient (Wildman–Crippen LogP) is 1.53. The van der Waals surface area contributed by atoms with Gasteiger partial charge in [-0.25, -0.2) is 9.78 Å². The number of pyridine rings is 1. The van der Waals surface area contributed by atoms with Crippen LogP contribution in [-0.2, 0) is 9.59 Å². The number of hydrogen-bond acceptors (Lipinski definition) is 6. The molecular weight excluding hydrogens is 316 g/mol. The molecule has 122 valence electrons. The van der Waals surface area contributed by atoms with Crippen LogP contribution < -0.4 is 10.6 Å². The van der Waals surface area contributed by atoms with Crippen molar-refractivity contribution in [2.75, 3.05) is 17.3 Å². The minimum Gasteiger partial charge on any atom is -0.480 e. The highest BCUT2D eigenvalue weighted by Crippen LogP contribution is 2.07. The third kappa shape index (κ3) is 6.40. The lowest BCUT2D eigenvalue weighted by atomic mass is 10.2. The molecule has 1 aromatic rings. The van der Waals surface area contributed by atoms with Crippen molar-refractivity contribution in [1.82, 2.24) is 10.3 Å². The summed E-state index contributed by atoms with van der Waals surface area (Å²) in [6, 6.07) is 4.29. The van der Waals surface area contributed by atoms with E-state index in [1.165, 1.54) is 18.0 Å². The molecule has 1 amide bonds. The van der Waals surface area contributed by atoms with E-state index in [1.54, 1.807) is 18.3 Å². The number of nitrogens with one attached hydrogen (secondary N) is 2. The minimum absolute atomic E-state index is 0.219. The number of carbonyl (C=O) groups is 2. The fourth-order valence-corrected chi connectivity index (χ4v) is 2.11. The van der Waals surface area contributed by atoms with Gasteiger partial charge in [0.05, 0.1) is 0 Å². The molecule has 8 heteroatoms. The van der Waals surface area contributed by atoms with E-state index in [0.717, 1.165) is 5.56 Å². The summed E-state index contributed by atoms with van der Waals surface area (Å²) in [5.74, 6) is -0.782. The largest absolute Gasteiger partial charge is 0.480 e. The van der Waals surface area contributed by atoms with Gasteiger partial charge in [0.2, 0.25) is 0 Å². The number of aliphatic carboxylic acids is 1. The van der Waals surface area contributed by atoms with E-state index in [9.17, 15) is 9.59 Å². The molecule has 0 saturated heterocycles. The van der Waals surface area contributed by atoms with Crippen LogP contribution in [0.1, 0.15) is 12.0 Å². The number of anilines is 1. The molecular formula is C15H18N4O3S. The van der Waals surface area contributed by atoms with Crippen LogP contribution >= 0.6 is 11.8 Å². The summed E-state index contributed by atoms with van der Waals surface area (Å²) in [5.41, 5.74) is 0.755. The molecule has 0 aliphatic heterocycles. The number of amides is 1. The van der Waals surface area contributed by atoms with Crippen LogP contribution in [0.15, 0.2) is 30.1 Å². The highest BCUT2D eigenvalue weighted by molar-refractivity contribution is 7.98. The maximum atomic E-state index is 12.0. The third-order valence-corrected chi connectivity index (χ3v) is 3.50. The summed E-state index contributed by atoms with van der Waals surface area (Å²) >= 11 is 1.48. The zero-order valence-corrected chi connectivity index (χ0v) is 13.7. The standard InChI is InChI=1S/C15H18N4O3S/c1-10-3-5-17-13(7-10)18-9-11(8-16)14(20)19-12(15(21)22)4-6-23-2/h3,5,7,9,12H,4,6H2,1-2H3,(H,17,18)(H,19,20)(H,21,22)/b11-9-. The Morgan fingerprint density at radius 3 is 2.87 bits per heavy atom. The molecule has 1 atom stereocenters. The van der Waals surface area contributed by atoms with Gasteiger partial charge in [-0.3, -0.25) is 4.79 Å². The first-order chi connectivity index (χ1) is 11.0. The number of aryl methyl sites for hydroxylation is 1. The van der Waals surface area contributed by atoms with Crippen LogP contribution in [0.2, 0.25) is 0 Å². The summed E-state index contributed by atoms with van der Waals surface area (Å²) < 4.78 is 0. The third-order valence-electron chi connectivity index (χ3n) is 2.86. The van der Waals surface area contributed by atoms with Crippen molar-refractivity contribution in [3.05, 3.63) is 35.7 Å². The average molecular weight is 334 g/mol. The quantitative estimate of drug-likeness (QED) is 0.488. The molecule has 3 N–H and O–H groups in total. The number of carboxylic acid groups (broad SMARTS) is 1. The van der Waals surface area contributed by atoms with Crippen LogP contribution in [0.3, 0.4) is 0 Å². The lowest BCUT2D eigenvalue weighted by Gasteiger charge is -2.13. The molecule has 0 aromatic carbocycles. The minimum atomic E-state index is -1.13. The fourth-order valence-electron chi connectivity index (χ4n) is 1.64. The van der Waals surface area contributed by atoms with E-state index in [-0.39, 0.29) is 12.0 Å². The number of thioether (sulfide) groups is 1. The van der Waals surface area contributed by atoms with Crippen LogP contribution in [0.4, 0.5) is 5.82 Å². The van der Waals surface area contributed by atoms with Crippen molar-refractivity contribution in [2.45, 2.75) is 19.4 Å². The number of carbonyl (C=O) groups excluding carboxylic acids is 1. The second kappa shape index (κ2) is 9.48. The molecule has 1 heterocycles. The normalized spacial score (nSPS) is 12.1. The van der Waals surface area contributed by atoms with Gasteiger partial charge in [-0.15, -0.1) is 0 Å². The Balaban J connectivity index is 2.75. The fraction of sp³-hybridized carbons (Fsp3) is 0.333. The Bertz CT molecular complexity index is 640. The maximum Gasteiger partial charge on any atom is 0.326 e. The molecule has 7 nitrogen and oxygen atoms in total. The SMILES string of the molecule is CSCCC(NC(=O)/C(C#N)=C\Nc1cc(C)ccn1)C(=O)O. The van der Waals surface area contributed by atoms with Crippen molar-refractivity contribution in [3.63, 3.8) is 0 Å². The predicted molar refractivity (Wildman–Crippen MR) is 88.9 cm³/mol. The molecule has 0 bridgehead atoms. The van der Waals surface area contributed by atoms with Gasteiger partial charge in [0, 0.05) is 12.4 Å². The van der Waals surface area contributed by atoms with E-state index in [4.69, 9.17) is 10.4 Å². The van der Waals surface area contributed by atoms with E-state index in [1.807, 2.05) is 19.2 Å². The molecule has 23 heavy (non-hydrogen) atoms. The molecule has 0 saturated carbocycles. The molecule has 0 fully saturated rings. The Morgan fingerprint density at radius 2 is 2.30 bits per heavy atom. The first kappa shape index (κ1) is 18.5. The summed E-state index contributed by atoms with van der Waals surface area (Å²) in [6.07, 6.45) is 4.94. The van der Waals surface area contributed by atoms with E-state index < -0.39 is 17.9 Å². The van der Waals surface area contributed by atoms with Crippen molar-refractivity contribution in [1.29, 1.82) is 5.26 Å². The molecule has 1 unspecified atom stereocenters. The molecule has 1 aromatic heterocycles. The highest BCUT2D eigenvalue weighted by atomic mass is 32.2. The first-order valence-electron chi connectivity index (χ1n) is 6.80. The van der Waals surface area contributed by atoms with Gasteiger partial charge in [0.1, 0.15) is 23.5 Å². The Morgan fingerprint density at radius 1 is 1.57 bits per heavy atom. The lowest BCUT2D eigenvalue weighted by Crippen LogP contribution is -2.41. The Labute approximate surface area is 138 Å². The van der Waals surface area contributed by atoms with E-state index in [2.05, 4.69) is 15.6 Å². The number of carboxylic acids is 1. The zero-order chi connectivity index (χ0) is 17.2. The molecule has 0 aliphatic carbocycles. The van der Waals surface area contributed by atoms with Gasteiger partial charge in [-0.2, -0.15) is 17.0 Å². The van der Waals surface area contributed by atoms with Crippen molar-refractivity contribution in [2.24, 2.45) is 0 Å². The summed E-state index contributed by atoms with van der Waals surface area (Å²) in [4.78, 5) is 27.2. The van der Waals surface area contributed by atoms with E-state index in [0.29, 0.717) is 11.6 Å². The number of rotatable bonds is 8. The van der Waals surface area contributed by atoms with Crippen molar-refractivity contribution in [3.8, 4) is 6.07 Å². The maximum absolute atomic E-state index is 12.0. The molecule has 0 radical (unpaired) electrons. The van der Waals surface area contributed by atoms with Crippen molar-refractivity contribution >= 4 is 29.5 Å². The summed E-state index contributed by atoms with van der Waals surface area (Å²) in [7, 11) is 0. The Kier molecular flexibility index (Phi) is 7.63. The zero-order valence-electron chi connectivity index (χ0n) is 12.9. The Hall–Kier alpha value is -2.53. The van der Waals surface area contributed by atoms with Crippen LogP contribution in [-0.4, -0.2) is 40.0 Å². The van der Waals surface area contributed by atoms with Crippen LogP contribution in [0, 0.1) is 18.3 Å². The second-order valence-corrected chi connectivity index (χ2v) is 5.66. The van der Waals surface area contributed by atoms with E-state index >= 15 is 0 Å². The lowest BCUT2D eigenvalue weighted by molar-refractivity contribution is -0.141.